The Morgan fingerprint density at radius 2 is 1.79 bits per heavy atom. The number of rotatable bonds is 2. The average Bonchev–Trinajstić information content (AvgIpc) is 3.04. The van der Waals surface area contributed by atoms with Crippen LogP contribution in [-0.2, 0) is 13.1 Å². The van der Waals surface area contributed by atoms with E-state index in [1.54, 1.807) is 4.90 Å². The van der Waals surface area contributed by atoms with Crippen molar-refractivity contribution in [2.75, 3.05) is 0 Å². The van der Waals surface area contributed by atoms with Gasteiger partial charge in [-0.3, -0.25) is 4.79 Å². The smallest absolute Gasteiger partial charge is 0.338 e. The van der Waals surface area contributed by atoms with E-state index in [2.05, 4.69) is 0 Å². The lowest BCUT2D eigenvalue weighted by Gasteiger charge is -2.12. The molecule has 5 nitrogen and oxygen atoms in total. The molecule has 96 valence electrons. The van der Waals surface area contributed by atoms with Gasteiger partial charge in [-0.25, -0.2) is 4.79 Å². The molecular formula is C14H11NO4. The minimum atomic E-state index is -1.10. The molecule has 0 fully saturated rings. The number of hydrogen-bond acceptors (Lipinski definition) is 3. The molecule has 0 saturated carbocycles. The fourth-order valence-electron chi connectivity index (χ4n) is 2.19. The van der Waals surface area contributed by atoms with Crippen LogP contribution in [0.1, 0.15) is 32.0 Å². The molecule has 1 amide bonds. The van der Waals surface area contributed by atoms with Crippen LogP contribution in [0, 0.1) is 0 Å². The van der Waals surface area contributed by atoms with Gasteiger partial charge in [-0.05, 0) is 11.1 Å². The largest absolute Gasteiger partial charge is 0.478 e. The second-order valence-electron chi connectivity index (χ2n) is 4.43. The Bertz CT molecular complexity index is 634. The summed E-state index contributed by atoms with van der Waals surface area (Å²) >= 11 is 0. The standard InChI is InChI=1S/C14H11NO4/c16-13(12-5-11(8-19-12)14(17)18)15-6-9-3-1-2-4-10(9)7-15/h1-5,8H,6-7H2,(H,17,18). The lowest BCUT2D eigenvalue weighted by atomic mass is 10.1. The summed E-state index contributed by atoms with van der Waals surface area (Å²) in [4.78, 5) is 24.6. The molecular weight excluding hydrogens is 246 g/mol. The van der Waals surface area contributed by atoms with Gasteiger partial charge in [0.25, 0.3) is 5.91 Å². The van der Waals surface area contributed by atoms with E-state index in [-0.39, 0.29) is 17.2 Å². The van der Waals surface area contributed by atoms with E-state index in [0.717, 1.165) is 17.4 Å². The highest BCUT2D eigenvalue weighted by Gasteiger charge is 2.26. The number of carboxylic acids is 1. The minimum Gasteiger partial charge on any atom is -0.478 e. The van der Waals surface area contributed by atoms with Crippen LogP contribution >= 0.6 is 0 Å². The zero-order valence-electron chi connectivity index (χ0n) is 10.00. The van der Waals surface area contributed by atoms with E-state index >= 15 is 0 Å². The molecule has 1 aromatic carbocycles. The highest BCUT2D eigenvalue weighted by atomic mass is 16.4. The van der Waals surface area contributed by atoms with E-state index in [1.165, 1.54) is 6.07 Å². The van der Waals surface area contributed by atoms with Gasteiger partial charge in [-0.15, -0.1) is 0 Å². The van der Waals surface area contributed by atoms with Crippen molar-refractivity contribution < 1.29 is 19.1 Å². The fourth-order valence-corrected chi connectivity index (χ4v) is 2.19. The van der Waals surface area contributed by atoms with Crippen molar-refractivity contribution in [3.63, 3.8) is 0 Å². The molecule has 1 N–H and O–H groups in total. The number of amides is 1. The zero-order valence-corrected chi connectivity index (χ0v) is 10.00. The van der Waals surface area contributed by atoms with Crippen LogP contribution in [-0.4, -0.2) is 21.9 Å². The fraction of sp³-hybridized carbons (Fsp3) is 0.143. The number of nitrogens with zero attached hydrogens (tertiary/aromatic N) is 1. The molecule has 0 atom stereocenters. The molecule has 1 aliphatic rings. The van der Waals surface area contributed by atoms with E-state index < -0.39 is 5.97 Å². The number of carbonyl (C=O) groups is 2. The van der Waals surface area contributed by atoms with Gasteiger partial charge >= 0.3 is 5.97 Å². The van der Waals surface area contributed by atoms with E-state index in [9.17, 15) is 9.59 Å². The molecule has 0 spiro atoms. The van der Waals surface area contributed by atoms with Gasteiger partial charge in [0.15, 0.2) is 5.76 Å². The van der Waals surface area contributed by atoms with Crippen LogP contribution in [0.5, 0.6) is 0 Å². The highest BCUT2D eigenvalue weighted by molar-refractivity contribution is 5.95. The average molecular weight is 257 g/mol. The monoisotopic (exact) mass is 257 g/mol. The molecule has 0 unspecified atom stereocenters. The Morgan fingerprint density at radius 3 is 2.32 bits per heavy atom. The molecule has 1 aliphatic heterocycles. The molecule has 0 saturated heterocycles. The maximum atomic E-state index is 12.2. The summed E-state index contributed by atoms with van der Waals surface area (Å²) in [5.41, 5.74) is 2.21. The van der Waals surface area contributed by atoms with Gasteiger partial charge in [0, 0.05) is 19.2 Å². The van der Waals surface area contributed by atoms with Crippen molar-refractivity contribution in [2.45, 2.75) is 13.1 Å². The maximum Gasteiger partial charge on any atom is 0.338 e. The summed E-state index contributed by atoms with van der Waals surface area (Å²) in [6.07, 6.45) is 1.08. The third-order valence-corrected chi connectivity index (χ3v) is 3.19. The number of benzene rings is 1. The van der Waals surface area contributed by atoms with Gasteiger partial charge in [0.05, 0.1) is 5.56 Å². The first-order valence-corrected chi connectivity index (χ1v) is 5.83. The van der Waals surface area contributed by atoms with Crippen LogP contribution in [0.25, 0.3) is 0 Å². The second-order valence-corrected chi connectivity index (χ2v) is 4.43. The normalized spacial score (nSPS) is 13.4. The van der Waals surface area contributed by atoms with Gasteiger partial charge in [-0.1, -0.05) is 24.3 Å². The Kier molecular flexibility index (Phi) is 2.59. The Morgan fingerprint density at radius 1 is 1.16 bits per heavy atom. The van der Waals surface area contributed by atoms with Crippen LogP contribution in [0.3, 0.4) is 0 Å². The quantitative estimate of drug-likeness (QED) is 0.894. The van der Waals surface area contributed by atoms with Crippen LogP contribution < -0.4 is 0 Å². The summed E-state index contributed by atoms with van der Waals surface area (Å²) in [6.45, 7) is 1.05. The molecule has 19 heavy (non-hydrogen) atoms. The predicted molar refractivity (Wildman–Crippen MR) is 65.7 cm³/mol. The predicted octanol–water partition coefficient (Wildman–Crippen LogP) is 2.13. The molecule has 0 radical (unpaired) electrons. The number of carboxylic acid groups (broad SMARTS) is 1. The van der Waals surface area contributed by atoms with Gasteiger partial charge in [-0.2, -0.15) is 0 Å². The van der Waals surface area contributed by atoms with E-state index in [0.29, 0.717) is 13.1 Å². The number of aromatic carboxylic acids is 1. The Balaban J connectivity index is 1.81. The van der Waals surface area contributed by atoms with Crippen LogP contribution in [0.2, 0.25) is 0 Å². The molecule has 5 heteroatoms. The summed E-state index contributed by atoms with van der Waals surface area (Å²) < 4.78 is 5.03. The third kappa shape index (κ3) is 1.99. The van der Waals surface area contributed by atoms with Crippen molar-refractivity contribution in [3.05, 3.63) is 59.0 Å². The molecule has 0 bridgehead atoms. The first kappa shape index (κ1) is 11.5. The molecule has 1 aromatic heterocycles. The van der Waals surface area contributed by atoms with Gasteiger partial charge in [0.2, 0.25) is 0 Å². The number of carbonyl (C=O) groups excluding carboxylic acids is 1. The number of fused-ring (bicyclic) bond motifs is 1. The van der Waals surface area contributed by atoms with Crippen molar-refractivity contribution >= 4 is 11.9 Å². The summed E-state index contributed by atoms with van der Waals surface area (Å²) in [5, 5.41) is 8.80. The van der Waals surface area contributed by atoms with Crippen LogP contribution in [0.4, 0.5) is 0 Å². The maximum absolute atomic E-state index is 12.2. The lowest BCUT2D eigenvalue weighted by Crippen LogP contribution is -2.24. The highest BCUT2D eigenvalue weighted by Crippen LogP contribution is 2.24. The summed E-state index contributed by atoms with van der Waals surface area (Å²) in [7, 11) is 0. The molecule has 2 aromatic rings. The molecule has 2 heterocycles. The van der Waals surface area contributed by atoms with Crippen LogP contribution in [0.15, 0.2) is 41.0 Å². The number of hydrogen-bond donors (Lipinski definition) is 1. The Hall–Kier alpha value is -2.56. The zero-order chi connectivity index (χ0) is 13.4. The summed E-state index contributed by atoms with van der Waals surface area (Å²) in [5.74, 6) is -1.33. The van der Waals surface area contributed by atoms with Gasteiger partial charge in [0.1, 0.15) is 6.26 Å². The Labute approximate surface area is 109 Å². The molecule has 0 aliphatic carbocycles. The number of furan rings is 1. The SMILES string of the molecule is O=C(O)c1coc(C(=O)N2Cc3ccccc3C2)c1. The van der Waals surface area contributed by atoms with E-state index in [1.807, 2.05) is 24.3 Å². The van der Waals surface area contributed by atoms with Crippen molar-refractivity contribution in [3.8, 4) is 0 Å². The second kappa shape index (κ2) is 4.28. The van der Waals surface area contributed by atoms with Crippen molar-refractivity contribution in [1.82, 2.24) is 4.90 Å². The first-order valence-electron chi connectivity index (χ1n) is 5.83. The van der Waals surface area contributed by atoms with Crippen molar-refractivity contribution in [1.29, 1.82) is 0 Å². The van der Waals surface area contributed by atoms with Gasteiger partial charge < -0.3 is 14.4 Å². The summed E-state index contributed by atoms with van der Waals surface area (Å²) in [6, 6.07) is 9.08. The molecule has 3 rings (SSSR count). The van der Waals surface area contributed by atoms with E-state index in [4.69, 9.17) is 9.52 Å². The first-order chi connectivity index (χ1) is 9.15. The topological polar surface area (TPSA) is 70.7 Å². The third-order valence-electron chi connectivity index (χ3n) is 3.19. The minimum absolute atomic E-state index is 0.0138. The van der Waals surface area contributed by atoms with Crippen molar-refractivity contribution in [2.24, 2.45) is 0 Å². The lowest BCUT2D eigenvalue weighted by molar-refractivity contribution is 0.0693.